The molecule has 0 aliphatic carbocycles. The van der Waals surface area contributed by atoms with Gasteiger partial charge in [-0.15, -0.1) is 0 Å². The molecule has 19 heavy (non-hydrogen) atoms. The number of rotatable bonds is 7. The van der Waals surface area contributed by atoms with E-state index in [-0.39, 0.29) is 5.91 Å². The summed E-state index contributed by atoms with van der Waals surface area (Å²) in [6.45, 7) is 15.0. The van der Waals surface area contributed by atoms with E-state index in [0.29, 0.717) is 12.0 Å². The largest absolute Gasteiger partial charge is 0.356 e. The van der Waals surface area contributed by atoms with E-state index in [9.17, 15) is 4.79 Å². The molecule has 4 nitrogen and oxygen atoms in total. The Kier molecular flexibility index (Phi) is 7.10. The van der Waals surface area contributed by atoms with Crippen LogP contribution in [-0.2, 0) is 4.79 Å². The maximum absolute atomic E-state index is 10.9. The van der Waals surface area contributed by atoms with Gasteiger partial charge in [-0.25, -0.2) is 0 Å². The Bertz CT molecular complexity index is 294. The van der Waals surface area contributed by atoms with Gasteiger partial charge in [-0.1, -0.05) is 20.4 Å². The monoisotopic (exact) mass is 267 g/mol. The van der Waals surface area contributed by atoms with Crippen LogP contribution in [0.5, 0.6) is 0 Å². The summed E-state index contributed by atoms with van der Waals surface area (Å²) in [6.07, 6.45) is 2.34. The number of carbonyl (C=O) groups excluding carboxylic acids is 1. The van der Waals surface area contributed by atoms with Crippen molar-refractivity contribution in [1.82, 2.24) is 15.5 Å². The van der Waals surface area contributed by atoms with Gasteiger partial charge >= 0.3 is 0 Å². The van der Waals surface area contributed by atoms with Crippen molar-refractivity contribution in [1.29, 1.82) is 0 Å². The summed E-state index contributed by atoms with van der Waals surface area (Å²) in [5.74, 6) is 0.720. The number of carbonyl (C=O) groups is 1. The summed E-state index contributed by atoms with van der Waals surface area (Å²) in [4.78, 5) is 13.3. The zero-order chi connectivity index (χ0) is 14.3. The van der Waals surface area contributed by atoms with Gasteiger partial charge in [0.25, 0.3) is 0 Å². The minimum absolute atomic E-state index is 0.0792. The summed E-state index contributed by atoms with van der Waals surface area (Å²) in [5, 5.41) is 6.32. The number of likely N-dealkylation sites (tertiary alicyclic amines) is 1. The van der Waals surface area contributed by atoms with Crippen LogP contribution in [0.4, 0.5) is 0 Å². The van der Waals surface area contributed by atoms with Gasteiger partial charge in [0.05, 0.1) is 0 Å². The molecule has 0 saturated carbocycles. The molecule has 0 spiro atoms. The number of hydrogen-bond acceptors (Lipinski definition) is 3. The fourth-order valence-electron chi connectivity index (χ4n) is 2.36. The number of amides is 1. The van der Waals surface area contributed by atoms with Gasteiger partial charge in [0.15, 0.2) is 0 Å². The molecule has 0 aromatic carbocycles. The van der Waals surface area contributed by atoms with E-state index in [2.05, 4.69) is 36.0 Å². The molecule has 0 aromatic heterocycles. The third kappa shape index (κ3) is 7.33. The van der Waals surface area contributed by atoms with Crippen LogP contribution in [0, 0.1) is 5.92 Å². The molecule has 1 aliphatic rings. The Morgan fingerprint density at radius 3 is 2.53 bits per heavy atom. The van der Waals surface area contributed by atoms with Crippen LogP contribution >= 0.6 is 0 Å². The fourth-order valence-corrected chi connectivity index (χ4v) is 2.36. The van der Waals surface area contributed by atoms with Crippen molar-refractivity contribution in [2.24, 2.45) is 5.92 Å². The highest BCUT2D eigenvalue weighted by atomic mass is 16.1. The summed E-state index contributed by atoms with van der Waals surface area (Å²) >= 11 is 0. The topological polar surface area (TPSA) is 44.4 Å². The zero-order valence-electron chi connectivity index (χ0n) is 12.7. The second-order valence-electron chi connectivity index (χ2n) is 5.94. The van der Waals surface area contributed by atoms with Crippen LogP contribution in [0.2, 0.25) is 0 Å². The Balaban J connectivity index is 2.15. The molecule has 110 valence electrons. The van der Waals surface area contributed by atoms with E-state index in [4.69, 9.17) is 0 Å². The van der Waals surface area contributed by atoms with E-state index in [1.54, 1.807) is 6.92 Å². The van der Waals surface area contributed by atoms with Crippen molar-refractivity contribution in [2.45, 2.75) is 39.7 Å². The molecular weight excluding hydrogens is 238 g/mol. The van der Waals surface area contributed by atoms with Crippen LogP contribution in [0.15, 0.2) is 12.2 Å². The predicted octanol–water partition coefficient (Wildman–Crippen LogP) is 1.39. The third-order valence-corrected chi connectivity index (χ3v) is 3.55. The highest BCUT2D eigenvalue weighted by Gasteiger charge is 2.19. The van der Waals surface area contributed by atoms with Gasteiger partial charge in [-0.05, 0) is 37.4 Å². The smallest absolute Gasteiger partial charge is 0.216 e. The molecule has 2 N–H and O–H groups in total. The first-order valence-corrected chi connectivity index (χ1v) is 7.34. The molecule has 0 atom stereocenters. The summed E-state index contributed by atoms with van der Waals surface area (Å²) in [5.41, 5.74) is 1.26. The Morgan fingerprint density at radius 2 is 2.00 bits per heavy atom. The van der Waals surface area contributed by atoms with Crippen molar-refractivity contribution in [2.75, 3.05) is 32.7 Å². The lowest BCUT2D eigenvalue weighted by Gasteiger charge is -2.32. The van der Waals surface area contributed by atoms with E-state index in [0.717, 1.165) is 32.7 Å². The SMILES string of the molecule is C=C(CNC(C)C)CN1CCC(CNC(C)=O)CC1. The first-order chi connectivity index (χ1) is 8.97. The Hall–Kier alpha value is -0.870. The van der Waals surface area contributed by atoms with Crippen molar-refractivity contribution in [3.63, 3.8) is 0 Å². The summed E-state index contributed by atoms with van der Waals surface area (Å²) in [7, 11) is 0. The minimum Gasteiger partial charge on any atom is -0.356 e. The maximum Gasteiger partial charge on any atom is 0.216 e. The summed E-state index contributed by atoms with van der Waals surface area (Å²) < 4.78 is 0. The maximum atomic E-state index is 10.9. The van der Waals surface area contributed by atoms with Crippen LogP contribution in [-0.4, -0.2) is 49.6 Å². The highest BCUT2D eigenvalue weighted by molar-refractivity contribution is 5.72. The van der Waals surface area contributed by atoms with Crippen LogP contribution in [0.1, 0.15) is 33.6 Å². The van der Waals surface area contributed by atoms with Crippen molar-refractivity contribution < 1.29 is 4.79 Å². The molecular formula is C15H29N3O. The molecule has 0 bridgehead atoms. The highest BCUT2D eigenvalue weighted by Crippen LogP contribution is 2.16. The van der Waals surface area contributed by atoms with E-state index in [1.165, 1.54) is 18.4 Å². The number of nitrogens with zero attached hydrogens (tertiary/aromatic N) is 1. The molecule has 1 rings (SSSR count). The van der Waals surface area contributed by atoms with Crippen LogP contribution in [0.3, 0.4) is 0 Å². The Morgan fingerprint density at radius 1 is 1.37 bits per heavy atom. The van der Waals surface area contributed by atoms with Crippen molar-refractivity contribution in [3.8, 4) is 0 Å². The Labute approximate surface area is 117 Å². The quantitative estimate of drug-likeness (QED) is 0.685. The van der Waals surface area contributed by atoms with E-state index >= 15 is 0 Å². The third-order valence-electron chi connectivity index (χ3n) is 3.55. The first-order valence-electron chi connectivity index (χ1n) is 7.34. The molecule has 1 heterocycles. The van der Waals surface area contributed by atoms with Crippen molar-refractivity contribution >= 4 is 5.91 Å². The molecule has 0 unspecified atom stereocenters. The minimum atomic E-state index is 0.0792. The molecule has 0 radical (unpaired) electrons. The number of piperidine rings is 1. The normalized spacial score (nSPS) is 17.7. The molecule has 1 saturated heterocycles. The van der Waals surface area contributed by atoms with Gasteiger partial charge in [0.2, 0.25) is 5.91 Å². The van der Waals surface area contributed by atoms with Gasteiger partial charge in [-0.2, -0.15) is 0 Å². The van der Waals surface area contributed by atoms with E-state index in [1.807, 2.05) is 0 Å². The summed E-state index contributed by atoms with van der Waals surface area (Å²) in [6, 6.07) is 0.514. The molecule has 1 fully saturated rings. The van der Waals surface area contributed by atoms with Gasteiger partial charge in [-0.3, -0.25) is 9.69 Å². The van der Waals surface area contributed by atoms with Gasteiger partial charge in [0.1, 0.15) is 0 Å². The van der Waals surface area contributed by atoms with Gasteiger partial charge < -0.3 is 10.6 Å². The molecule has 1 amide bonds. The fraction of sp³-hybridized carbons (Fsp3) is 0.800. The molecule has 4 heteroatoms. The van der Waals surface area contributed by atoms with E-state index < -0.39 is 0 Å². The number of hydrogen-bond donors (Lipinski definition) is 2. The standard InChI is InChI=1S/C15H29N3O/c1-12(2)16-9-13(3)11-18-7-5-15(6-8-18)10-17-14(4)19/h12,15-16H,3,5-11H2,1-2,4H3,(H,17,19). The van der Waals surface area contributed by atoms with Crippen molar-refractivity contribution in [3.05, 3.63) is 12.2 Å². The lowest BCUT2D eigenvalue weighted by atomic mass is 9.96. The average Bonchev–Trinajstić information content (AvgIpc) is 2.35. The molecule has 1 aliphatic heterocycles. The lowest BCUT2D eigenvalue weighted by molar-refractivity contribution is -0.119. The first kappa shape index (κ1) is 16.2. The average molecular weight is 267 g/mol. The number of nitrogens with one attached hydrogen (secondary N) is 2. The second-order valence-corrected chi connectivity index (χ2v) is 5.94. The predicted molar refractivity (Wildman–Crippen MR) is 80.1 cm³/mol. The zero-order valence-corrected chi connectivity index (χ0v) is 12.7. The molecule has 0 aromatic rings. The second kappa shape index (κ2) is 8.33. The van der Waals surface area contributed by atoms with Crippen LogP contribution in [0.25, 0.3) is 0 Å². The van der Waals surface area contributed by atoms with Crippen LogP contribution < -0.4 is 10.6 Å². The van der Waals surface area contributed by atoms with Gasteiger partial charge in [0, 0.05) is 32.6 Å². The lowest BCUT2D eigenvalue weighted by Crippen LogP contribution is -2.40.